The maximum absolute atomic E-state index is 13.1. The van der Waals surface area contributed by atoms with Gasteiger partial charge in [-0.05, 0) is 57.0 Å². The Bertz CT molecular complexity index is 761. The number of rotatable bonds is 5. The van der Waals surface area contributed by atoms with E-state index in [0.29, 0.717) is 19.5 Å². The second-order valence-corrected chi connectivity index (χ2v) is 6.81. The molecule has 1 saturated heterocycles. The molecule has 1 fully saturated rings. The highest BCUT2D eigenvalue weighted by Crippen LogP contribution is 2.19. The summed E-state index contributed by atoms with van der Waals surface area (Å²) in [5, 5.41) is 4.53. The number of amides is 1. The Morgan fingerprint density at radius 1 is 1.12 bits per heavy atom. The van der Waals surface area contributed by atoms with E-state index in [9.17, 15) is 9.18 Å². The third kappa shape index (κ3) is 3.89. The summed E-state index contributed by atoms with van der Waals surface area (Å²) in [4.78, 5) is 16.7. The van der Waals surface area contributed by atoms with Gasteiger partial charge in [-0.15, -0.1) is 0 Å². The van der Waals surface area contributed by atoms with Crippen molar-refractivity contribution in [2.45, 2.75) is 40.2 Å². The van der Waals surface area contributed by atoms with Gasteiger partial charge in [0.15, 0.2) is 0 Å². The van der Waals surface area contributed by atoms with Crippen LogP contribution in [0.4, 0.5) is 10.1 Å². The van der Waals surface area contributed by atoms with E-state index in [0.717, 1.165) is 37.4 Å². The number of aryl methyl sites for hydroxylation is 2. The third-order valence-corrected chi connectivity index (χ3v) is 5.24. The van der Waals surface area contributed by atoms with Crippen LogP contribution < -0.4 is 4.90 Å². The Kier molecular flexibility index (Phi) is 5.59. The molecule has 140 valence electrons. The molecule has 3 rings (SSSR count). The molecule has 6 heteroatoms. The summed E-state index contributed by atoms with van der Waals surface area (Å²) < 4.78 is 15.0. The highest BCUT2D eigenvalue weighted by molar-refractivity contribution is 5.77. The number of nitrogens with zero attached hydrogens (tertiary/aromatic N) is 4. The van der Waals surface area contributed by atoms with Gasteiger partial charge in [0, 0.05) is 50.5 Å². The van der Waals surface area contributed by atoms with Crippen molar-refractivity contribution in [3.8, 4) is 0 Å². The van der Waals surface area contributed by atoms with Crippen molar-refractivity contribution in [1.29, 1.82) is 0 Å². The van der Waals surface area contributed by atoms with Crippen molar-refractivity contribution in [3.05, 3.63) is 47.0 Å². The van der Waals surface area contributed by atoms with Gasteiger partial charge in [0.25, 0.3) is 0 Å². The van der Waals surface area contributed by atoms with Crippen molar-refractivity contribution in [3.63, 3.8) is 0 Å². The lowest BCUT2D eigenvalue weighted by atomic mass is 10.1. The monoisotopic (exact) mass is 358 g/mol. The van der Waals surface area contributed by atoms with E-state index in [1.807, 2.05) is 16.5 Å². The van der Waals surface area contributed by atoms with Crippen LogP contribution in [0.3, 0.4) is 0 Å². The summed E-state index contributed by atoms with van der Waals surface area (Å²) in [6, 6.07) is 6.55. The predicted octanol–water partition coefficient (Wildman–Crippen LogP) is 2.94. The minimum Gasteiger partial charge on any atom is -0.368 e. The normalized spacial score (nSPS) is 14.8. The Labute approximate surface area is 154 Å². The van der Waals surface area contributed by atoms with Crippen LogP contribution in [-0.2, 0) is 17.8 Å². The fraction of sp³-hybridized carbons (Fsp3) is 0.500. The second-order valence-electron chi connectivity index (χ2n) is 6.81. The van der Waals surface area contributed by atoms with E-state index >= 15 is 0 Å². The average Bonchev–Trinajstić information content (AvgIpc) is 2.93. The summed E-state index contributed by atoms with van der Waals surface area (Å²) >= 11 is 0. The first kappa shape index (κ1) is 18.4. The van der Waals surface area contributed by atoms with Crippen LogP contribution >= 0.6 is 0 Å². The number of hydrogen-bond acceptors (Lipinski definition) is 3. The van der Waals surface area contributed by atoms with Crippen molar-refractivity contribution >= 4 is 11.6 Å². The molecule has 1 aromatic carbocycles. The van der Waals surface area contributed by atoms with Crippen molar-refractivity contribution in [2.75, 3.05) is 31.1 Å². The van der Waals surface area contributed by atoms with Gasteiger partial charge in [0.05, 0.1) is 5.69 Å². The zero-order chi connectivity index (χ0) is 18.7. The van der Waals surface area contributed by atoms with Crippen LogP contribution in [0.25, 0.3) is 0 Å². The topological polar surface area (TPSA) is 41.4 Å². The molecule has 0 aliphatic carbocycles. The molecule has 0 unspecified atom stereocenters. The van der Waals surface area contributed by atoms with E-state index in [1.54, 1.807) is 12.1 Å². The van der Waals surface area contributed by atoms with E-state index in [1.165, 1.54) is 23.4 Å². The van der Waals surface area contributed by atoms with Crippen LogP contribution in [-0.4, -0.2) is 46.8 Å². The molecular formula is C20H27FN4O. The zero-order valence-corrected chi connectivity index (χ0v) is 15.8. The van der Waals surface area contributed by atoms with E-state index in [-0.39, 0.29) is 11.7 Å². The van der Waals surface area contributed by atoms with E-state index in [4.69, 9.17) is 0 Å². The van der Waals surface area contributed by atoms with Gasteiger partial charge in [-0.1, -0.05) is 0 Å². The number of aromatic nitrogens is 2. The van der Waals surface area contributed by atoms with Crippen LogP contribution in [0, 0.1) is 19.7 Å². The fourth-order valence-electron chi connectivity index (χ4n) is 3.66. The van der Waals surface area contributed by atoms with Gasteiger partial charge < -0.3 is 9.80 Å². The van der Waals surface area contributed by atoms with Crippen molar-refractivity contribution < 1.29 is 9.18 Å². The van der Waals surface area contributed by atoms with Gasteiger partial charge in [0.2, 0.25) is 5.91 Å². The molecule has 0 saturated carbocycles. The molecule has 0 radical (unpaired) electrons. The summed E-state index contributed by atoms with van der Waals surface area (Å²) in [7, 11) is 0. The average molecular weight is 358 g/mol. The number of anilines is 1. The lowest BCUT2D eigenvalue weighted by Crippen LogP contribution is -2.48. The summed E-state index contributed by atoms with van der Waals surface area (Å²) in [6.07, 6.45) is 1.27. The van der Waals surface area contributed by atoms with Crippen LogP contribution in [0.2, 0.25) is 0 Å². The minimum absolute atomic E-state index is 0.201. The second kappa shape index (κ2) is 7.89. The first-order chi connectivity index (χ1) is 12.5. The molecule has 26 heavy (non-hydrogen) atoms. The molecule has 2 heterocycles. The van der Waals surface area contributed by atoms with Crippen LogP contribution in [0.1, 0.15) is 30.3 Å². The Balaban J connectivity index is 1.52. The standard InChI is InChI=1S/C20H27FN4O/c1-4-25-16(3)19(15(2)22-25)9-10-20(26)24-13-11-23(12-14-24)18-7-5-17(21)6-8-18/h5-8H,4,9-14H2,1-3H3. The SMILES string of the molecule is CCn1nc(C)c(CCC(=O)N2CCN(c3ccc(F)cc3)CC2)c1C. The van der Waals surface area contributed by atoms with Gasteiger partial charge in [-0.25, -0.2) is 4.39 Å². The highest BCUT2D eigenvalue weighted by atomic mass is 19.1. The molecule has 0 spiro atoms. The van der Waals surface area contributed by atoms with Gasteiger partial charge >= 0.3 is 0 Å². The molecule has 1 amide bonds. The predicted molar refractivity (Wildman–Crippen MR) is 101 cm³/mol. The zero-order valence-electron chi connectivity index (χ0n) is 15.8. The van der Waals surface area contributed by atoms with Gasteiger partial charge in [-0.2, -0.15) is 5.10 Å². The molecule has 1 aliphatic rings. The van der Waals surface area contributed by atoms with Crippen molar-refractivity contribution in [1.82, 2.24) is 14.7 Å². The highest BCUT2D eigenvalue weighted by Gasteiger charge is 2.22. The summed E-state index contributed by atoms with van der Waals surface area (Å²) in [5.41, 5.74) is 4.40. The Hall–Kier alpha value is -2.37. The number of carbonyl (C=O) groups excluding carboxylic acids is 1. The lowest BCUT2D eigenvalue weighted by Gasteiger charge is -2.36. The fourth-order valence-corrected chi connectivity index (χ4v) is 3.66. The maximum Gasteiger partial charge on any atom is 0.223 e. The minimum atomic E-state index is -0.223. The Morgan fingerprint density at radius 2 is 1.77 bits per heavy atom. The summed E-state index contributed by atoms with van der Waals surface area (Å²) in [5.74, 6) is -0.0219. The molecule has 5 nitrogen and oxygen atoms in total. The Morgan fingerprint density at radius 3 is 2.35 bits per heavy atom. The smallest absolute Gasteiger partial charge is 0.223 e. The first-order valence-corrected chi connectivity index (χ1v) is 9.30. The third-order valence-electron chi connectivity index (χ3n) is 5.24. The largest absolute Gasteiger partial charge is 0.368 e. The van der Waals surface area contributed by atoms with Gasteiger partial charge in [-0.3, -0.25) is 9.48 Å². The molecule has 2 aromatic rings. The molecule has 1 aromatic heterocycles. The number of halogens is 1. The van der Waals surface area contributed by atoms with E-state index in [2.05, 4.69) is 23.8 Å². The lowest BCUT2D eigenvalue weighted by molar-refractivity contribution is -0.131. The van der Waals surface area contributed by atoms with Crippen molar-refractivity contribution in [2.24, 2.45) is 0 Å². The number of hydrogen-bond donors (Lipinski definition) is 0. The number of carbonyl (C=O) groups is 1. The van der Waals surface area contributed by atoms with Gasteiger partial charge in [0.1, 0.15) is 5.82 Å². The van der Waals surface area contributed by atoms with Crippen LogP contribution in [0.5, 0.6) is 0 Å². The first-order valence-electron chi connectivity index (χ1n) is 9.30. The quantitative estimate of drug-likeness (QED) is 0.825. The number of benzene rings is 1. The molecule has 0 N–H and O–H groups in total. The maximum atomic E-state index is 13.1. The molecular weight excluding hydrogens is 331 g/mol. The number of piperazine rings is 1. The van der Waals surface area contributed by atoms with E-state index < -0.39 is 0 Å². The molecule has 1 aliphatic heterocycles. The summed E-state index contributed by atoms with van der Waals surface area (Å²) in [6.45, 7) is 10.0. The molecule has 0 atom stereocenters. The van der Waals surface area contributed by atoms with Crippen LogP contribution in [0.15, 0.2) is 24.3 Å². The molecule has 0 bridgehead atoms.